The summed E-state index contributed by atoms with van der Waals surface area (Å²) < 4.78 is 14.5. The van der Waals surface area contributed by atoms with Crippen molar-refractivity contribution in [3.63, 3.8) is 0 Å². The first kappa shape index (κ1) is 18.1. The van der Waals surface area contributed by atoms with Crippen molar-refractivity contribution in [2.45, 2.75) is 5.16 Å². The molecule has 3 aromatic rings. The predicted octanol–water partition coefficient (Wildman–Crippen LogP) is 4.32. The number of hydrogen-bond acceptors (Lipinski definition) is 6. The van der Waals surface area contributed by atoms with Crippen LogP contribution in [0, 0.1) is 5.82 Å². The summed E-state index contributed by atoms with van der Waals surface area (Å²) in [6.07, 6.45) is 1.78. The molecule has 0 saturated heterocycles. The summed E-state index contributed by atoms with van der Waals surface area (Å²) in [7, 11) is 0. The van der Waals surface area contributed by atoms with E-state index in [0.717, 1.165) is 5.69 Å². The van der Waals surface area contributed by atoms with Gasteiger partial charge in [-0.2, -0.15) is 0 Å². The Morgan fingerprint density at radius 3 is 2.48 bits per heavy atom. The number of halogens is 3. The molecule has 0 atom stereocenters. The first-order valence-corrected chi connectivity index (χ1v) is 9.24. The van der Waals surface area contributed by atoms with Crippen LogP contribution in [-0.4, -0.2) is 39.5 Å². The van der Waals surface area contributed by atoms with Crippen LogP contribution in [0.15, 0.2) is 35.5 Å². The topological polar surface area (TPSA) is 62.1 Å². The van der Waals surface area contributed by atoms with E-state index in [1.165, 1.54) is 11.8 Å². The van der Waals surface area contributed by atoms with Gasteiger partial charge in [0.2, 0.25) is 0 Å². The van der Waals surface area contributed by atoms with Crippen molar-refractivity contribution in [2.75, 3.05) is 24.3 Å². The van der Waals surface area contributed by atoms with Gasteiger partial charge < -0.3 is 10.0 Å². The highest BCUT2D eigenvalue weighted by Gasteiger charge is 2.23. The predicted molar refractivity (Wildman–Crippen MR) is 99.6 cm³/mol. The highest BCUT2D eigenvalue weighted by Crippen LogP contribution is 2.37. The molecular weight excluding hydrogens is 386 g/mol. The third kappa shape index (κ3) is 3.50. The molecule has 0 radical (unpaired) electrons. The molecular formula is C16H13Cl2FN4OS. The number of pyridine rings is 1. The number of aromatic nitrogens is 3. The molecule has 9 heteroatoms. The lowest BCUT2D eigenvalue weighted by Crippen LogP contribution is -2.23. The van der Waals surface area contributed by atoms with Crippen LogP contribution in [0.2, 0.25) is 10.3 Å². The summed E-state index contributed by atoms with van der Waals surface area (Å²) in [5, 5.41) is 9.76. The Morgan fingerprint density at radius 2 is 1.84 bits per heavy atom. The maximum atomic E-state index is 14.5. The fourth-order valence-electron chi connectivity index (χ4n) is 2.42. The molecule has 0 aliphatic carbocycles. The average Bonchev–Trinajstić information content (AvgIpc) is 2.64. The molecule has 0 spiro atoms. The number of para-hydroxylation sites is 1. The third-order valence-electron chi connectivity index (χ3n) is 3.49. The quantitative estimate of drug-likeness (QED) is 0.392. The summed E-state index contributed by atoms with van der Waals surface area (Å²) >= 11 is 13.3. The molecule has 0 aliphatic heterocycles. The number of rotatable bonds is 5. The van der Waals surface area contributed by atoms with Crippen molar-refractivity contribution < 1.29 is 9.50 Å². The van der Waals surface area contributed by atoms with E-state index in [9.17, 15) is 9.50 Å². The van der Waals surface area contributed by atoms with Crippen LogP contribution < -0.4 is 4.90 Å². The molecule has 0 amide bonds. The monoisotopic (exact) mass is 398 g/mol. The van der Waals surface area contributed by atoms with Crippen LogP contribution in [-0.2, 0) is 0 Å². The highest BCUT2D eigenvalue weighted by atomic mass is 35.5. The largest absolute Gasteiger partial charge is 0.395 e. The smallest absolute Gasteiger partial charge is 0.189 e. The summed E-state index contributed by atoms with van der Waals surface area (Å²) in [6, 6.07) is 9.30. The van der Waals surface area contributed by atoms with E-state index < -0.39 is 5.82 Å². The molecule has 130 valence electrons. The number of hydrogen-bond donors (Lipinski definition) is 1. The SMILES string of the molecule is CSc1nc(N(CCO)c2ccccc2)c2c(Cl)nc(Cl)c(F)c2n1. The van der Waals surface area contributed by atoms with Crippen molar-refractivity contribution in [1.82, 2.24) is 15.0 Å². The second-order valence-corrected chi connectivity index (χ2v) is 6.47. The third-order valence-corrected chi connectivity index (χ3v) is 4.56. The van der Waals surface area contributed by atoms with Gasteiger partial charge in [0.1, 0.15) is 16.5 Å². The maximum absolute atomic E-state index is 14.5. The van der Waals surface area contributed by atoms with Gasteiger partial charge in [-0.25, -0.2) is 19.3 Å². The number of thioether (sulfide) groups is 1. The first-order chi connectivity index (χ1) is 12.1. The molecule has 2 aromatic heterocycles. The molecule has 0 fully saturated rings. The Morgan fingerprint density at radius 1 is 1.12 bits per heavy atom. The van der Waals surface area contributed by atoms with Crippen molar-refractivity contribution in [2.24, 2.45) is 0 Å². The Kier molecular flexibility index (Phi) is 5.58. The molecule has 5 nitrogen and oxygen atoms in total. The fourth-order valence-corrected chi connectivity index (χ4v) is 3.25. The minimum Gasteiger partial charge on any atom is -0.395 e. The lowest BCUT2D eigenvalue weighted by Gasteiger charge is -2.25. The zero-order chi connectivity index (χ0) is 18.0. The van der Waals surface area contributed by atoms with E-state index in [2.05, 4.69) is 15.0 Å². The zero-order valence-electron chi connectivity index (χ0n) is 13.1. The summed E-state index contributed by atoms with van der Waals surface area (Å²) in [4.78, 5) is 14.2. The van der Waals surface area contributed by atoms with Crippen molar-refractivity contribution >= 4 is 57.4 Å². The standard InChI is InChI=1S/C16H13Cl2FN4OS/c1-25-16-20-12-10(13(17)21-14(18)11(12)19)15(22-16)23(7-8-24)9-5-3-2-4-6-9/h2-6,24H,7-8H2,1H3. The molecule has 0 saturated carbocycles. The number of fused-ring (bicyclic) bond motifs is 1. The average molecular weight is 399 g/mol. The van der Waals surface area contributed by atoms with E-state index >= 15 is 0 Å². The first-order valence-electron chi connectivity index (χ1n) is 7.26. The molecule has 1 aromatic carbocycles. The molecule has 0 unspecified atom stereocenters. The van der Waals surface area contributed by atoms with Crippen LogP contribution in [0.3, 0.4) is 0 Å². The number of anilines is 2. The van der Waals surface area contributed by atoms with Gasteiger partial charge >= 0.3 is 0 Å². The molecule has 2 heterocycles. The van der Waals surface area contributed by atoms with E-state index in [0.29, 0.717) is 11.0 Å². The minimum absolute atomic E-state index is 0.00165. The minimum atomic E-state index is -0.753. The van der Waals surface area contributed by atoms with Gasteiger partial charge in [-0.15, -0.1) is 0 Å². The van der Waals surface area contributed by atoms with E-state index in [1.54, 1.807) is 11.2 Å². The van der Waals surface area contributed by atoms with Gasteiger partial charge in [-0.05, 0) is 18.4 Å². The number of aliphatic hydroxyl groups is 1. The lowest BCUT2D eigenvalue weighted by atomic mass is 10.2. The highest BCUT2D eigenvalue weighted by molar-refractivity contribution is 7.98. The molecule has 25 heavy (non-hydrogen) atoms. The van der Waals surface area contributed by atoms with Gasteiger partial charge in [0, 0.05) is 12.2 Å². The zero-order valence-corrected chi connectivity index (χ0v) is 15.4. The van der Waals surface area contributed by atoms with Crippen LogP contribution in [0.25, 0.3) is 10.9 Å². The van der Waals surface area contributed by atoms with Crippen LogP contribution >= 0.6 is 35.0 Å². The van der Waals surface area contributed by atoms with E-state index in [4.69, 9.17) is 23.2 Å². The van der Waals surface area contributed by atoms with Gasteiger partial charge in [-0.1, -0.05) is 53.2 Å². The van der Waals surface area contributed by atoms with Crippen LogP contribution in [0.1, 0.15) is 0 Å². The fraction of sp³-hybridized carbons (Fsp3) is 0.188. The van der Waals surface area contributed by atoms with Gasteiger partial charge in [0.05, 0.1) is 12.0 Å². The summed E-state index contributed by atoms with van der Waals surface area (Å²) in [5.41, 5.74) is 0.772. The van der Waals surface area contributed by atoms with E-state index in [1.807, 2.05) is 30.3 Å². The second kappa shape index (κ2) is 7.70. The molecule has 0 bridgehead atoms. The lowest BCUT2D eigenvalue weighted by molar-refractivity contribution is 0.305. The van der Waals surface area contributed by atoms with Crippen molar-refractivity contribution in [1.29, 1.82) is 0 Å². The Balaban J connectivity index is 2.34. The summed E-state index contributed by atoms with van der Waals surface area (Å²) in [6.45, 7) is 0.112. The maximum Gasteiger partial charge on any atom is 0.189 e. The Bertz CT molecular complexity index is 914. The molecule has 1 N–H and O–H groups in total. The van der Waals surface area contributed by atoms with Gasteiger partial charge in [0.25, 0.3) is 0 Å². The van der Waals surface area contributed by atoms with Crippen LogP contribution in [0.4, 0.5) is 15.9 Å². The Labute approximate surface area is 157 Å². The number of nitrogens with zero attached hydrogens (tertiary/aromatic N) is 4. The normalized spacial score (nSPS) is 11.1. The van der Waals surface area contributed by atoms with E-state index in [-0.39, 0.29) is 34.4 Å². The van der Waals surface area contributed by atoms with Gasteiger partial charge in [-0.3, -0.25) is 0 Å². The van der Waals surface area contributed by atoms with Crippen molar-refractivity contribution in [3.05, 3.63) is 46.5 Å². The number of benzene rings is 1. The van der Waals surface area contributed by atoms with Gasteiger partial charge in [0.15, 0.2) is 16.1 Å². The van der Waals surface area contributed by atoms with Crippen LogP contribution in [0.5, 0.6) is 0 Å². The second-order valence-electron chi connectivity index (χ2n) is 4.98. The number of aliphatic hydroxyl groups excluding tert-OH is 1. The van der Waals surface area contributed by atoms with Crippen molar-refractivity contribution in [3.8, 4) is 0 Å². The molecule has 3 rings (SSSR count). The molecule has 0 aliphatic rings. The summed E-state index contributed by atoms with van der Waals surface area (Å²) in [5.74, 6) is -0.389. The Hall–Kier alpha value is -1.67.